The van der Waals surface area contributed by atoms with Gasteiger partial charge in [0.2, 0.25) is 5.91 Å². The van der Waals surface area contributed by atoms with Gasteiger partial charge in [-0.1, -0.05) is 0 Å². The molecule has 1 aliphatic heterocycles. The zero-order chi connectivity index (χ0) is 18.5. The molecule has 1 atom stereocenters. The van der Waals surface area contributed by atoms with Gasteiger partial charge in [0.1, 0.15) is 6.10 Å². The smallest absolute Gasteiger partial charge is 0.238 e. The van der Waals surface area contributed by atoms with Crippen LogP contribution in [0.25, 0.3) is 0 Å². The summed E-state index contributed by atoms with van der Waals surface area (Å²) >= 11 is 0. The number of amides is 1. The van der Waals surface area contributed by atoms with Crippen molar-refractivity contribution >= 4 is 11.6 Å². The van der Waals surface area contributed by atoms with Crippen LogP contribution >= 0.6 is 0 Å². The Morgan fingerprint density at radius 3 is 3.08 bits per heavy atom. The van der Waals surface area contributed by atoms with E-state index in [1.54, 1.807) is 22.7 Å². The zero-order valence-electron chi connectivity index (χ0n) is 15.3. The van der Waals surface area contributed by atoms with Gasteiger partial charge in [-0.05, 0) is 17.4 Å². The first kappa shape index (κ1) is 18.4. The van der Waals surface area contributed by atoms with Crippen molar-refractivity contribution in [3.63, 3.8) is 0 Å². The molecule has 0 aliphatic carbocycles. The summed E-state index contributed by atoms with van der Waals surface area (Å²) < 4.78 is 14.3. The van der Waals surface area contributed by atoms with Crippen LogP contribution in [0.15, 0.2) is 6.20 Å². The summed E-state index contributed by atoms with van der Waals surface area (Å²) in [5, 5.41) is 18.8. The van der Waals surface area contributed by atoms with Crippen LogP contribution in [-0.4, -0.2) is 80.8 Å². The van der Waals surface area contributed by atoms with Gasteiger partial charge in [-0.25, -0.2) is 4.68 Å². The second-order valence-corrected chi connectivity index (χ2v) is 6.16. The number of hydrogen-bond acceptors (Lipinski definition) is 8. The molecule has 26 heavy (non-hydrogen) atoms. The Kier molecular flexibility index (Phi) is 5.91. The molecule has 2 aromatic heterocycles. The van der Waals surface area contributed by atoms with Crippen molar-refractivity contribution in [3.8, 4) is 0 Å². The summed E-state index contributed by atoms with van der Waals surface area (Å²) in [5.74, 6) is 0.566. The fourth-order valence-corrected chi connectivity index (χ4v) is 2.80. The Balaban J connectivity index is 1.57. The first-order valence-corrected chi connectivity index (χ1v) is 8.46. The van der Waals surface area contributed by atoms with Gasteiger partial charge < -0.3 is 14.8 Å². The second kappa shape index (κ2) is 8.34. The molecule has 0 unspecified atom stereocenters. The van der Waals surface area contributed by atoms with Crippen LogP contribution in [-0.2, 0) is 27.9 Å². The first-order chi connectivity index (χ1) is 12.6. The third kappa shape index (κ3) is 4.23. The van der Waals surface area contributed by atoms with Crippen molar-refractivity contribution < 1.29 is 14.3 Å². The molecule has 0 saturated carbocycles. The van der Waals surface area contributed by atoms with Crippen molar-refractivity contribution in [2.24, 2.45) is 7.05 Å². The summed E-state index contributed by atoms with van der Waals surface area (Å²) in [4.78, 5) is 14.4. The van der Waals surface area contributed by atoms with Crippen LogP contribution in [0.4, 0.5) is 5.69 Å². The van der Waals surface area contributed by atoms with Crippen LogP contribution < -0.4 is 5.32 Å². The number of hydrogen-bond donors (Lipinski definition) is 1. The number of methoxy groups -OCH3 is 1. The molecule has 11 heteroatoms. The summed E-state index contributed by atoms with van der Waals surface area (Å²) in [5.41, 5.74) is 1.64. The summed E-state index contributed by atoms with van der Waals surface area (Å²) in [6, 6.07) is 0. The van der Waals surface area contributed by atoms with Gasteiger partial charge in [0.25, 0.3) is 0 Å². The van der Waals surface area contributed by atoms with Crippen LogP contribution in [0.1, 0.15) is 17.6 Å². The topological polar surface area (TPSA) is 112 Å². The number of nitrogens with one attached hydrogen (secondary N) is 1. The number of ether oxygens (including phenoxy) is 2. The predicted octanol–water partition coefficient (Wildman–Crippen LogP) is -0.627. The van der Waals surface area contributed by atoms with Crippen molar-refractivity contribution in [1.29, 1.82) is 0 Å². The van der Waals surface area contributed by atoms with E-state index in [1.807, 2.05) is 18.9 Å². The number of carbonyl (C=O) groups is 1. The Labute approximate surface area is 151 Å². The normalized spacial score (nSPS) is 18.2. The molecule has 3 rings (SSSR count). The van der Waals surface area contributed by atoms with Gasteiger partial charge >= 0.3 is 0 Å². The average molecular weight is 364 g/mol. The van der Waals surface area contributed by atoms with Crippen molar-refractivity contribution in [1.82, 2.24) is 34.9 Å². The maximum atomic E-state index is 12.4. The minimum Gasteiger partial charge on any atom is -0.383 e. The molecule has 0 aromatic carbocycles. The van der Waals surface area contributed by atoms with Crippen molar-refractivity contribution in [2.75, 3.05) is 45.3 Å². The molecule has 1 aliphatic rings. The molecule has 142 valence electrons. The lowest BCUT2D eigenvalue weighted by Crippen LogP contribution is -2.43. The summed E-state index contributed by atoms with van der Waals surface area (Å²) in [7, 11) is 3.47. The summed E-state index contributed by atoms with van der Waals surface area (Å²) in [6.07, 6.45) is 1.38. The van der Waals surface area contributed by atoms with Crippen molar-refractivity contribution in [3.05, 3.63) is 17.7 Å². The monoisotopic (exact) mass is 364 g/mol. The predicted molar refractivity (Wildman–Crippen MR) is 91.4 cm³/mol. The fourth-order valence-electron chi connectivity index (χ4n) is 2.80. The lowest BCUT2D eigenvalue weighted by Gasteiger charge is -2.31. The van der Waals surface area contributed by atoms with E-state index in [1.165, 1.54) is 0 Å². The molecule has 0 bridgehead atoms. The molecule has 1 N–H and O–H groups in total. The molecule has 1 saturated heterocycles. The number of rotatable bonds is 7. The number of nitrogens with zero attached hydrogens (tertiary/aromatic N) is 7. The quantitative estimate of drug-likeness (QED) is 0.691. The van der Waals surface area contributed by atoms with Gasteiger partial charge in [-0.15, -0.1) is 5.10 Å². The minimum absolute atomic E-state index is 0.0827. The third-order valence-electron chi connectivity index (χ3n) is 4.38. The Bertz CT molecular complexity index is 743. The number of carbonyl (C=O) groups excluding carboxylic acids is 1. The highest BCUT2D eigenvalue weighted by molar-refractivity contribution is 5.92. The van der Waals surface area contributed by atoms with E-state index < -0.39 is 0 Å². The molecule has 1 fully saturated rings. The molecule has 2 aromatic rings. The van der Waals surface area contributed by atoms with Gasteiger partial charge in [-0.3, -0.25) is 14.4 Å². The summed E-state index contributed by atoms with van der Waals surface area (Å²) in [6.45, 7) is 4.99. The van der Waals surface area contributed by atoms with E-state index in [-0.39, 0.29) is 18.6 Å². The van der Waals surface area contributed by atoms with Crippen LogP contribution in [0, 0.1) is 6.92 Å². The van der Waals surface area contributed by atoms with Gasteiger partial charge in [0.15, 0.2) is 5.82 Å². The third-order valence-corrected chi connectivity index (χ3v) is 4.38. The molecule has 1 amide bonds. The number of aryl methyl sites for hydroxylation is 1. The van der Waals surface area contributed by atoms with Crippen LogP contribution in [0.5, 0.6) is 0 Å². The van der Waals surface area contributed by atoms with E-state index in [0.29, 0.717) is 38.7 Å². The maximum Gasteiger partial charge on any atom is 0.238 e. The average Bonchev–Trinajstić information content (AvgIpc) is 3.22. The van der Waals surface area contributed by atoms with Crippen molar-refractivity contribution in [2.45, 2.75) is 19.6 Å². The Hall–Kier alpha value is -2.37. The largest absolute Gasteiger partial charge is 0.383 e. The molecular formula is C15H24N8O3. The molecular weight excluding hydrogens is 340 g/mol. The maximum absolute atomic E-state index is 12.4. The number of anilines is 1. The molecule has 0 spiro atoms. The number of tetrazole rings is 1. The highest BCUT2D eigenvalue weighted by Gasteiger charge is 2.28. The highest BCUT2D eigenvalue weighted by Crippen LogP contribution is 2.20. The minimum atomic E-state index is -0.275. The van der Waals surface area contributed by atoms with E-state index >= 15 is 0 Å². The van der Waals surface area contributed by atoms with Gasteiger partial charge in [0, 0.05) is 27.2 Å². The number of aromatic nitrogens is 6. The lowest BCUT2D eigenvalue weighted by molar-refractivity contribution is -0.119. The van der Waals surface area contributed by atoms with Crippen LogP contribution in [0.2, 0.25) is 0 Å². The SMILES string of the molecule is COCCn1nnnc1[C@H]1CN(CC(=O)Nc2cnn(C)c2C)CCO1. The Morgan fingerprint density at radius 1 is 1.50 bits per heavy atom. The second-order valence-electron chi connectivity index (χ2n) is 6.16. The molecule has 0 radical (unpaired) electrons. The molecule has 3 heterocycles. The van der Waals surface area contributed by atoms with E-state index in [2.05, 4.69) is 25.9 Å². The first-order valence-electron chi connectivity index (χ1n) is 8.46. The standard InChI is InChI=1S/C15H24N8O3/c1-11-12(8-16-21(11)2)17-14(24)10-22-4-7-26-13(9-22)15-18-19-20-23(15)5-6-25-3/h8,13H,4-7,9-10H2,1-3H3,(H,17,24)/t13-/m1/s1. The number of morpholine rings is 1. The van der Waals surface area contributed by atoms with Crippen LogP contribution in [0.3, 0.4) is 0 Å². The molecule has 11 nitrogen and oxygen atoms in total. The van der Waals surface area contributed by atoms with Gasteiger partial charge in [0.05, 0.1) is 43.9 Å². The zero-order valence-corrected chi connectivity index (χ0v) is 15.3. The van der Waals surface area contributed by atoms with Gasteiger partial charge in [-0.2, -0.15) is 5.10 Å². The van der Waals surface area contributed by atoms with E-state index in [9.17, 15) is 4.79 Å². The van der Waals surface area contributed by atoms with E-state index in [0.717, 1.165) is 11.4 Å². The lowest BCUT2D eigenvalue weighted by atomic mass is 10.2. The Morgan fingerprint density at radius 2 is 2.35 bits per heavy atom. The fraction of sp³-hybridized carbons (Fsp3) is 0.667. The van der Waals surface area contributed by atoms with E-state index in [4.69, 9.17) is 9.47 Å². The highest BCUT2D eigenvalue weighted by atomic mass is 16.5.